The monoisotopic (exact) mass is 592 g/mol. The highest BCUT2D eigenvalue weighted by molar-refractivity contribution is 6.74. The molecule has 2 aromatic heterocycles. The topological polar surface area (TPSA) is 78.3 Å². The summed E-state index contributed by atoms with van der Waals surface area (Å²) in [6, 6.07) is 9.50. The molecule has 1 saturated heterocycles. The van der Waals surface area contributed by atoms with E-state index in [2.05, 4.69) is 49.1 Å². The average Bonchev–Trinajstić information content (AvgIpc) is 2.85. The highest BCUT2D eigenvalue weighted by Crippen LogP contribution is 2.38. The van der Waals surface area contributed by atoms with Gasteiger partial charge in [0.1, 0.15) is 6.17 Å². The molecule has 0 aliphatic carbocycles. The van der Waals surface area contributed by atoms with Gasteiger partial charge in [0.15, 0.2) is 8.32 Å². The quantitative estimate of drug-likeness (QED) is 0.291. The molecule has 4 rings (SSSR count). The molecule has 0 bridgehead atoms. The summed E-state index contributed by atoms with van der Waals surface area (Å²) >= 11 is 12.7. The fraction of sp³-hybridized carbons (Fsp3) is 0.464. The summed E-state index contributed by atoms with van der Waals surface area (Å²) in [5.41, 5.74) is 1.73. The molecule has 0 spiro atoms. The number of nitrogens with zero attached hydrogens (tertiary/aromatic N) is 3. The lowest BCUT2D eigenvalue weighted by molar-refractivity contribution is 0.0284. The van der Waals surface area contributed by atoms with Gasteiger partial charge in [0.05, 0.1) is 31.0 Å². The van der Waals surface area contributed by atoms with Crippen LogP contribution in [0, 0.1) is 0 Å². The number of rotatable bonds is 8. The van der Waals surface area contributed by atoms with E-state index in [0.717, 1.165) is 5.56 Å². The molecule has 1 fully saturated rings. The first-order valence-corrected chi connectivity index (χ1v) is 16.6. The summed E-state index contributed by atoms with van der Waals surface area (Å²) in [4.78, 5) is 22.3. The second kappa shape index (κ2) is 12.1. The van der Waals surface area contributed by atoms with Gasteiger partial charge < -0.3 is 19.0 Å². The second-order valence-corrected chi connectivity index (χ2v) is 17.0. The first-order chi connectivity index (χ1) is 18.3. The van der Waals surface area contributed by atoms with E-state index in [9.17, 15) is 9.18 Å². The van der Waals surface area contributed by atoms with Crippen LogP contribution in [0.5, 0.6) is 0 Å². The molecule has 0 radical (unpaired) electrons. The maximum absolute atomic E-state index is 14.2. The molecule has 39 heavy (non-hydrogen) atoms. The maximum Gasteiger partial charge on any atom is 0.251 e. The van der Waals surface area contributed by atoms with Crippen molar-refractivity contribution in [3.05, 3.63) is 74.8 Å². The third-order valence-electron chi connectivity index (χ3n) is 7.51. The molecule has 3 aromatic rings. The zero-order valence-electron chi connectivity index (χ0n) is 22.9. The van der Waals surface area contributed by atoms with E-state index in [0.29, 0.717) is 46.9 Å². The van der Waals surface area contributed by atoms with Crippen LogP contribution in [0.15, 0.2) is 53.6 Å². The summed E-state index contributed by atoms with van der Waals surface area (Å²) in [6.07, 6.45) is 2.71. The van der Waals surface area contributed by atoms with E-state index in [1.165, 1.54) is 6.07 Å². The van der Waals surface area contributed by atoms with Crippen molar-refractivity contribution in [3.8, 4) is 11.3 Å². The van der Waals surface area contributed by atoms with Crippen LogP contribution in [-0.4, -0.2) is 54.9 Å². The van der Waals surface area contributed by atoms with Crippen LogP contribution in [0.1, 0.15) is 38.8 Å². The van der Waals surface area contributed by atoms with Crippen molar-refractivity contribution in [2.24, 2.45) is 0 Å². The Kier molecular flexibility index (Phi) is 9.18. The Balaban J connectivity index is 1.64. The van der Waals surface area contributed by atoms with Gasteiger partial charge in [-0.25, -0.2) is 14.4 Å². The normalized spacial score (nSPS) is 19.1. The number of nitrogens with one attached hydrogen (secondary N) is 1. The largest absolute Gasteiger partial charge is 0.414 e. The summed E-state index contributed by atoms with van der Waals surface area (Å²) < 4.78 is 27.5. The number of hydrogen-bond donors (Lipinski definition) is 1. The Morgan fingerprint density at radius 3 is 2.56 bits per heavy atom. The van der Waals surface area contributed by atoms with Crippen molar-refractivity contribution < 1.29 is 13.6 Å². The zero-order valence-corrected chi connectivity index (χ0v) is 25.4. The average molecular weight is 594 g/mol. The van der Waals surface area contributed by atoms with Crippen LogP contribution < -0.4 is 10.9 Å². The molecule has 0 saturated carbocycles. The molecular formula is C28H35Cl2FN4O3Si. The lowest BCUT2D eigenvalue weighted by Crippen LogP contribution is -2.43. The van der Waals surface area contributed by atoms with Crippen molar-refractivity contribution in [2.45, 2.75) is 63.6 Å². The number of anilines is 1. The Bertz CT molecular complexity index is 1340. The van der Waals surface area contributed by atoms with Crippen molar-refractivity contribution >= 4 is 37.5 Å². The van der Waals surface area contributed by atoms with E-state index < -0.39 is 26.6 Å². The summed E-state index contributed by atoms with van der Waals surface area (Å²) in [7, 11) is -2.11. The Labute approximate surface area is 239 Å². The minimum atomic E-state index is -2.11. The first kappa shape index (κ1) is 29.7. The van der Waals surface area contributed by atoms with Gasteiger partial charge in [-0.3, -0.25) is 4.79 Å². The minimum absolute atomic E-state index is 0.00389. The Morgan fingerprint density at radius 2 is 1.92 bits per heavy atom. The molecule has 3 atom stereocenters. The van der Waals surface area contributed by atoms with Crippen molar-refractivity contribution in [2.75, 3.05) is 25.1 Å². The molecule has 1 aliphatic heterocycles. The lowest BCUT2D eigenvalue weighted by Gasteiger charge is -2.37. The smallest absolute Gasteiger partial charge is 0.251 e. The van der Waals surface area contributed by atoms with E-state index in [4.69, 9.17) is 32.4 Å². The molecule has 1 N–H and O–H groups in total. The van der Waals surface area contributed by atoms with E-state index >= 15 is 0 Å². The molecule has 210 valence electrons. The van der Waals surface area contributed by atoms with Gasteiger partial charge in [-0.2, -0.15) is 0 Å². The van der Waals surface area contributed by atoms with Gasteiger partial charge in [0.2, 0.25) is 5.95 Å². The minimum Gasteiger partial charge on any atom is -0.414 e. The molecule has 11 heteroatoms. The fourth-order valence-electron chi connectivity index (χ4n) is 4.14. The maximum atomic E-state index is 14.2. The highest BCUT2D eigenvalue weighted by Gasteiger charge is 2.38. The first-order valence-electron chi connectivity index (χ1n) is 13.0. The number of benzene rings is 1. The molecular weight excluding hydrogens is 558 g/mol. The predicted octanol–water partition coefficient (Wildman–Crippen LogP) is 6.76. The highest BCUT2D eigenvalue weighted by atomic mass is 35.5. The number of alkyl halides is 1. The second-order valence-electron chi connectivity index (χ2n) is 11.3. The van der Waals surface area contributed by atoms with E-state index in [1.54, 1.807) is 29.1 Å². The summed E-state index contributed by atoms with van der Waals surface area (Å²) in [5, 5.41) is 4.04. The molecule has 1 aliphatic rings. The Morgan fingerprint density at radius 1 is 1.21 bits per heavy atom. The molecule has 7 nitrogen and oxygen atoms in total. The van der Waals surface area contributed by atoms with Crippen LogP contribution in [0.25, 0.3) is 11.3 Å². The van der Waals surface area contributed by atoms with Crippen LogP contribution in [-0.2, 0) is 9.16 Å². The van der Waals surface area contributed by atoms with Crippen LogP contribution in [0.3, 0.4) is 0 Å². The lowest BCUT2D eigenvalue weighted by atomic mass is 10.1. The van der Waals surface area contributed by atoms with E-state index in [-0.39, 0.29) is 17.2 Å². The van der Waals surface area contributed by atoms with Crippen molar-refractivity contribution in [1.29, 1.82) is 0 Å². The van der Waals surface area contributed by atoms with Gasteiger partial charge in [-0.1, -0.05) is 44.0 Å². The van der Waals surface area contributed by atoms with Crippen LogP contribution >= 0.6 is 23.2 Å². The third-order valence-corrected chi connectivity index (χ3v) is 12.5. The Hall–Kier alpha value is -2.30. The van der Waals surface area contributed by atoms with Crippen LogP contribution in [0.4, 0.5) is 10.3 Å². The molecule has 0 unspecified atom stereocenters. The number of ether oxygens (including phenoxy) is 1. The SMILES string of the molecule is CC(C)(C)[Si](C)(C)OC[C@H](c1cc(Cl)cc(Cl)c1)n1ccc(-c2ccnc(N[C@@H]3CCOC[C@H]3F)n2)cc1=O. The summed E-state index contributed by atoms with van der Waals surface area (Å²) in [5.74, 6) is 0.306. The van der Waals surface area contributed by atoms with Gasteiger partial charge in [0, 0.05) is 40.7 Å². The van der Waals surface area contributed by atoms with Gasteiger partial charge in [-0.05, 0) is 60.4 Å². The van der Waals surface area contributed by atoms with Gasteiger partial charge in [-0.15, -0.1) is 0 Å². The van der Waals surface area contributed by atoms with Gasteiger partial charge >= 0.3 is 0 Å². The van der Waals surface area contributed by atoms with E-state index in [1.807, 2.05) is 18.2 Å². The standard InChI is InChI=1S/C28H35Cl2FN4O3Si/c1-28(2,3)39(4,5)38-17-25(19-12-20(29)15-21(30)13-19)35-10-7-18(14-26(35)36)23-6-9-32-27(33-23)34-24-8-11-37-16-22(24)31/h6-7,9-10,12-15,22,24-25H,8,11,16-17H2,1-5H3,(H,32,33,34)/t22-,24-,25-/m1/s1. The van der Waals surface area contributed by atoms with Gasteiger partial charge in [0.25, 0.3) is 5.56 Å². The zero-order chi connectivity index (χ0) is 28.4. The van der Waals surface area contributed by atoms with Crippen molar-refractivity contribution in [1.82, 2.24) is 14.5 Å². The van der Waals surface area contributed by atoms with Crippen LogP contribution in [0.2, 0.25) is 28.2 Å². The number of pyridine rings is 1. The third kappa shape index (κ3) is 7.26. The molecule has 1 aromatic carbocycles. The van der Waals surface area contributed by atoms with Crippen molar-refractivity contribution in [3.63, 3.8) is 0 Å². The molecule has 0 amide bonds. The number of halogens is 3. The number of aromatic nitrogens is 3. The summed E-state index contributed by atoms with van der Waals surface area (Å²) in [6.45, 7) is 11.7. The predicted molar refractivity (Wildman–Crippen MR) is 157 cm³/mol. The molecule has 3 heterocycles. The fourth-order valence-corrected chi connectivity index (χ4v) is 5.69. The number of hydrogen-bond acceptors (Lipinski definition) is 6.